The Morgan fingerprint density at radius 2 is 1.62 bits per heavy atom. The standard InChI is InChI=1S/C43H42Cl2F3N3O5/c44-27-14-17-31-33(18-27)50-40(55)43(31)34(30-12-7-13-32(45)35(30)48)37(39(54)49-28-15-16-29(19-52)56-20-28)51(42(43)21-41(22-42,23-46)24-47)36(25-8-3-1-4-9-25)38(53)26-10-5-2-6-11-26/h1-14,17-18,28-29,34,36-38,52-53H,15-16,19-24H2,(H,49,54)(H,50,55)/t28-,29+,34+,36-,37-,38+,43?/m1/s1. The molecule has 4 aromatic rings. The molecule has 3 fully saturated rings. The van der Waals surface area contributed by atoms with Crippen molar-refractivity contribution in [2.45, 2.75) is 72.9 Å². The van der Waals surface area contributed by atoms with Gasteiger partial charge in [-0.15, -0.1) is 0 Å². The van der Waals surface area contributed by atoms with Crippen LogP contribution in [0, 0.1) is 11.2 Å². The zero-order valence-electron chi connectivity index (χ0n) is 30.3. The first-order valence-corrected chi connectivity index (χ1v) is 19.6. The minimum Gasteiger partial charge on any atom is -0.394 e. The second kappa shape index (κ2) is 15.1. The van der Waals surface area contributed by atoms with Crippen molar-refractivity contribution >= 4 is 40.7 Å². The maximum atomic E-state index is 16.9. The highest BCUT2D eigenvalue weighted by Crippen LogP contribution is 2.74. The molecule has 13 heteroatoms. The van der Waals surface area contributed by atoms with Crippen LogP contribution in [-0.2, 0) is 19.7 Å². The minimum atomic E-state index is -1.87. The number of rotatable bonds is 10. The fourth-order valence-electron chi connectivity index (χ4n) is 10.3. The van der Waals surface area contributed by atoms with E-state index in [9.17, 15) is 10.2 Å². The third-order valence-electron chi connectivity index (χ3n) is 12.6. The lowest BCUT2D eigenvalue weighted by atomic mass is 9.45. The van der Waals surface area contributed by atoms with E-state index >= 15 is 22.8 Å². The lowest BCUT2D eigenvalue weighted by Gasteiger charge is -2.63. The van der Waals surface area contributed by atoms with E-state index < -0.39 is 83.6 Å². The van der Waals surface area contributed by atoms with Crippen LogP contribution < -0.4 is 10.6 Å². The van der Waals surface area contributed by atoms with Gasteiger partial charge >= 0.3 is 0 Å². The lowest BCUT2D eigenvalue weighted by molar-refractivity contribution is -0.166. The number of alkyl halides is 2. The van der Waals surface area contributed by atoms with Crippen LogP contribution in [0.15, 0.2) is 97.1 Å². The first-order valence-electron chi connectivity index (χ1n) is 18.8. The fourth-order valence-corrected chi connectivity index (χ4v) is 10.7. The number of hydrogen-bond acceptors (Lipinski definition) is 6. The molecule has 8 nitrogen and oxygen atoms in total. The van der Waals surface area contributed by atoms with E-state index in [0.717, 1.165) is 0 Å². The molecule has 1 aliphatic carbocycles. The molecule has 8 rings (SSSR count). The molecule has 0 bridgehead atoms. The van der Waals surface area contributed by atoms with Crippen LogP contribution in [-0.4, -0.2) is 77.2 Å². The summed E-state index contributed by atoms with van der Waals surface area (Å²) < 4.78 is 53.3. The number of aliphatic hydroxyl groups excluding tert-OH is 2. The summed E-state index contributed by atoms with van der Waals surface area (Å²) in [5.74, 6) is -3.41. The number of anilines is 1. The number of halogens is 5. The number of aliphatic hydroxyl groups is 2. The Morgan fingerprint density at radius 3 is 2.25 bits per heavy atom. The number of nitrogens with one attached hydrogen (secondary N) is 2. The van der Waals surface area contributed by atoms with Gasteiger partial charge in [0.25, 0.3) is 0 Å². The molecule has 0 aromatic heterocycles. The van der Waals surface area contributed by atoms with Gasteiger partial charge < -0.3 is 25.6 Å². The van der Waals surface area contributed by atoms with Gasteiger partial charge in [-0.3, -0.25) is 23.3 Å². The van der Waals surface area contributed by atoms with E-state index in [1.54, 1.807) is 89.8 Å². The normalized spacial score (nSPS) is 27.4. The number of fused-ring (bicyclic) bond motifs is 3. The third-order valence-corrected chi connectivity index (χ3v) is 13.1. The van der Waals surface area contributed by atoms with E-state index in [1.807, 2.05) is 0 Å². The van der Waals surface area contributed by atoms with Gasteiger partial charge in [-0.2, -0.15) is 0 Å². The van der Waals surface area contributed by atoms with Gasteiger partial charge in [-0.25, -0.2) is 4.39 Å². The van der Waals surface area contributed by atoms with Crippen molar-refractivity contribution in [1.29, 1.82) is 0 Å². The Balaban J connectivity index is 1.45. The molecule has 1 unspecified atom stereocenters. The predicted octanol–water partition coefficient (Wildman–Crippen LogP) is 7.38. The summed E-state index contributed by atoms with van der Waals surface area (Å²) in [6.45, 7) is -2.21. The molecule has 0 radical (unpaired) electrons. The molecule has 3 heterocycles. The zero-order chi connectivity index (χ0) is 39.4. The zero-order valence-corrected chi connectivity index (χ0v) is 31.8. The quantitative estimate of drug-likeness (QED) is 0.133. The van der Waals surface area contributed by atoms with Crippen LogP contribution in [0.3, 0.4) is 0 Å². The van der Waals surface area contributed by atoms with Crippen molar-refractivity contribution in [1.82, 2.24) is 10.2 Å². The molecule has 4 aromatic carbocycles. The summed E-state index contributed by atoms with van der Waals surface area (Å²) in [5.41, 5.74) is -3.31. The van der Waals surface area contributed by atoms with E-state index in [4.69, 9.17) is 27.9 Å². The van der Waals surface area contributed by atoms with Crippen molar-refractivity contribution in [3.8, 4) is 0 Å². The summed E-state index contributed by atoms with van der Waals surface area (Å²) in [6, 6.07) is 23.9. The van der Waals surface area contributed by atoms with Crippen molar-refractivity contribution in [2.24, 2.45) is 5.41 Å². The lowest BCUT2D eigenvalue weighted by Crippen LogP contribution is -2.72. The number of carbonyl (C=O) groups excluding carboxylic acids is 2. The second-order valence-electron chi connectivity index (χ2n) is 15.7. The van der Waals surface area contributed by atoms with Gasteiger partial charge in [0, 0.05) is 27.6 Å². The molecule has 56 heavy (non-hydrogen) atoms. The summed E-state index contributed by atoms with van der Waals surface area (Å²) in [6.07, 6.45) is -1.33. The number of nitrogens with zero attached hydrogens (tertiary/aromatic N) is 1. The van der Waals surface area contributed by atoms with Crippen LogP contribution in [0.1, 0.15) is 66.0 Å². The Bertz CT molecular complexity index is 2100. The molecule has 2 amide bonds. The van der Waals surface area contributed by atoms with Crippen molar-refractivity contribution in [2.75, 3.05) is 31.9 Å². The highest BCUT2D eigenvalue weighted by Gasteiger charge is 2.82. The molecule has 294 valence electrons. The number of hydrogen-bond donors (Lipinski definition) is 4. The molecule has 7 atom stereocenters. The Hall–Kier alpha value is -3.97. The fraction of sp³-hybridized carbons (Fsp3) is 0.395. The van der Waals surface area contributed by atoms with Crippen LogP contribution in [0.2, 0.25) is 10.0 Å². The van der Waals surface area contributed by atoms with Gasteiger partial charge in [0.15, 0.2) is 0 Å². The number of carbonyl (C=O) groups is 2. The summed E-state index contributed by atoms with van der Waals surface area (Å²) >= 11 is 13.0. The van der Waals surface area contributed by atoms with Gasteiger partial charge in [0.1, 0.15) is 11.2 Å². The number of amides is 2. The number of ether oxygens (including phenoxy) is 1. The first kappa shape index (κ1) is 38.9. The SMILES string of the molecule is O=C(N[C@@H]1CC[C@@H](CO)OC1)[C@H]1[C@H](c2cccc(Cl)c2F)C2(C(=O)Nc3cc(Cl)ccc32)C2(CC(CF)(CF)C2)N1[C@H](c1ccccc1)[C@@H](O)c1ccccc1. The van der Waals surface area contributed by atoms with E-state index in [2.05, 4.69) is 10.6 Å². The van der Waals surface area contributed by atoms with Gasteiger partial charge in [-0.05, 0) is 66.1 Å². The summed E-state index contributed by atoms with van der Waals surface area (Å²) in [7, 11) is 0. The third kappa shape index (κ3) is 5.96. The highest BCUT2D eigenvalue weighted by atomic mass is 35.5. The molecular weight excluding hydrogens is 766 g/mol. The number of likely N-dealkylation sites (tertiary alicyclic amines) is 1. The molecule has 2 saturated heterocycles. The number of benzene rings is 4. The molecule has 3 aliphatic heterocycles. The van der Waals surface area contributed by atoms with Crippen LogP contribution in [0.25, 0.3) is 0 Å². The van der Waals surface area contributed by atoms with Gasteiger partial charge in [0.2, 0.25) is 11.8 Å². The van der Waals surface area contributed by atoms with Crippen LogP contribution >= 0.6 is 23.2 Å². The Morgan fingerprint density at radius 1 is 0.946 bits per heavy atom. The second-order valence-corrected chi connectivity index (χ2v) is 16.6. The van der Waals surface area contributed by atoms with E-state index in [0.29, 0.717) is 40.2 Å². The average Bonchev–Trinajstić information content (AvgIpc) is 3.64. The minimum absolute atomic E-state index is 0.0447. The highest BCUT2D eigenvalue weighted by molar-refractivity contribution is 6.31. The van der Waals surface area contributed by atoms with E-state index in [-0.39, 0.29) is 36.6 Å². The maximum absolute atomic E-state index is 16.9. The van der Waals surface area contributed by atoms with Crippen LogP contribution in [0.5, 0.6) is 0 Å². The molecule has 4 N–H and O–H groups in total. The van der Waals surface area contributed by atoms with Gasteiger partial charge in [-0.1, -0.05) is 102 Å². The molecular formula is C43H42Cl2F3N3O5. The Kier molecular flexibility index (Phi) is 10.5. The predicted molar refractivity (Wildman–Crippen MR) is 206 cm³/mol. The van der Waals surface area contributed by atoms with Gasteiger partial charge in [0.05, 0.1) is 61.9 Å². The monoisotopic (exact) mass is 807 g/mol. The smallest absolute Gasteiger partial charge is 0.238 e. The maximum Gasteiger partial charge on any atom is 0.238 e. The first-order chi connectivity index (χ1) is 27.0. The topological polar surface area (TPSA) is 111 Å². The summed E-state index contributed by atoms with van der Waals surface area (Å²) in [4.78, 5) is 32.6. The summed E-state index contributed by atoms with van der Waals surface area (Å²) in [5, 5.41) is 28.5. The average molecular weight is 809 g/mol. The molecule has 1 saturated carbocycles. The molecule has 2 spiro atoms. The van der Waals surface area contributed by atoms with Crippen molar-refractivity contribution in [3.05, 3.63) is 135 Å². The molecule has 4 aliphatic rings. The van der Waals surface area contributed by atoms with Crippen molar-refractivity contribution in [3.63, 3.8) is 0 Å². The van der Waals surface area contributed by atoms with Crippen molar-refractivity contribution < 1.29 is 37.7 Å². The largest absolute Gasteiger partial charge is 0.394 e. The van der Waals surface area contributed by atoms with Crippen LogP contribution in [0.4, 0.5) is 18.9 Å². The van der Waals surface area contributed by atoms with E-state index in [1.165, 1.54) is 12.1 Å². The Labute approximate surface area is 333 Å².